The van der Waals surface area contributed by atoms with Gasteiger partial charge in [0, 0.05) is 28.7 Å². The van der Waals surface area contributed by atoms with Crippen molar-refractivity contribution in [2.24, 2.45) is 21.7 Å². The van der Waals surface area contributed by atoms with Crippen molar-refractivity contribution in [1.82, 2.24) is 9.88 Å². The molecule has 3 rings (SSSR count). The molecule has 1 fully saturated rings. The van der Waals surface area contributed by atoms with Gasteiger partial charge in [0.2, 0.25) is 5.96 Å². The molecule has 0 unspecified atom stereocenters. The summed E-state index contributed by atoms with van der Waals surface area (Å²) in [6, 6.07) is 4.39. The highest BCUT2D eigenvalue weighted by Gasteiger charge is 2.26. The normalized spacial score (nSPS) is 16.6. The van der Waals surface area contributed by atoms with Gasteiger partial charge < -0.3 is 21.6 Å². The number of carbonyl (C=O) groups excluding carboxylic acids is 1. The second kappa shape index (κ2) is 7.25. The molecule has 0 aliphatic heterocycles. The number of carbonyl (C=O) groups is 1. The fourth-order valence-electron chi connectivity index (χ4n) is 3.25. The fraction of sp³-hybridized carbons (Fsp3) is 0.353. The number of hydrogen-bond acceptors (Lipinski definition) is 4. The van der Waals surface area contributed by atoms with Gasteiger partial charge >= 0.3 is 6.03 Å². The summed E-state index contributed by atoms with van der Waals surface area (Å²) < 4.78 is 0. The van der Waals surface area contributed by atoms with Crippen LogP contribution in [0.15, 0.2) is 34.6 Å². The number of fused-ring (bicyclic) bond motifs is 1. The third kappa shape index (κ3) is 3.73. The number of phenolic OH excluding ortho intramolecular Hbond substituents is 1. The van der Waals surface area contributed by atoms with Gasteiger partial charge in [-0.1, -0.05) is 19.3 Å². The first kappa shape index (κ1) is 16.8. The van der Waals surface area contributed by atoms with E-state index in [0.717, 1.165) is 48.6 Å². The quantitative estimate of drug-likeness (QED) is 0.387. The number of nitrogens with zero attached hydrogens (tertiary/aromatic N) is 3. The van der Waals surface area contributed by atoms with E-state index in [-0.39, 0.29) is 17.8 Å². The summed E-state index contributed by atoms with van der Waals surface area (Å²) in [4.78, 5) is 16.2. The molecule has 0 bridgehead atoms. The molecule has 2 amide bonds. The molecule has 6 N–H and O–H groups in total. The molecule has 1 aromatic heterocycles. The summed E-state index contributed by atoms with van der Waals surface area (Å²) in [5.41, 5.74) is 13.0. The molecule has 0 saturated heterocycles. The van der Waals surface area contributed by atoms with Gasteiger partial charge in [0.05, 0.1) is 6.21 Å². The van der Waals surface area contributed by atoms with E-state index in [1.54, 1.807) is 24.4 Å². The summed E-state index contributed by atoms with van der Waals surface area (Å²) in [7, 11) is 0. The molecule has 25 heavy (non-hydrogen) atoms. The van der Waals surface area contributed by atoms with E-state index in [0.29, 0.717) is 0 Å². The van der Waals surface area contributed by atoms with Crippen LogP contribution in [0.4, 0.5) is 4.79 Å². The largest absolute Gasteiger partial charge is 0.508 e. The summed E-state index contributed by atoms with van der Waals surface area (Å²) in [6.07, 6.45) is 8.26. The van der Waals surface area contributed by atoms with Crippen molar-refractivity contribution in [3.05, 3.63) is 30.0 Å². The van der Waals surface area contributed by atoms with Crippen molar-refractivity contribution in [3.63, 3.8) is 0 Å². The van der Waals surface area contributed by atoms with E-state index < -0.39 is 6.03 Å². The number of benzene rings is 1. The lowest BCUT2D eigenvalue weighted by Gasteiger charge is -2.31. The molecule has 0 radical (unpaired) electrons. The van der Waals surface area contributed by atoms with E-state index in [4.69, 9.17) is 11.5 Å². The lowest BCUT2D eigenvalue weighted by atomic mass is 9.94. The van der Waals surface area contributed by atoms with Crippen LogP contribution in [-0.4, -0.2) is 39.2 Å². The lowest BCUT2D eigenvalue weighted by Crippen LogP contribution is -2.51. The molecule has 1 aliphatic rings. The zero-order valence-corrected chi connectivity index (χ0v) is 13.9. The number of urea groups is 1. The van der Waals surface area contributed by atoms with Crippen molar-refractivity contribution in [1.29, 1.82) is 0 Å². The summed E-state index contributed by atoms with van der Waals surface area (Å²) in [5, 5.41) is 18.3. The van der Waals surface area contributed by atoms with Crippen LogP contribution in [0.2, 0.25) is 0 Å². The molecule has 0 spiro atoms. The van der Waals surface area contributed by atoms with Gasteiger partial charge in [0.15, 0.2) is 0 Å². The standard InChI is InChI=1S/C17H22N6O2/c18-16(23(17(19)25)12-4-2-1-3-5-12)22-21-10-11-9-20-15-7-6-13(24)8-14(11)15/h6-10,12,20,24H,1-5H2,(H2,18,22)(H2,19,25)/b21-10+. The van der Waals surface area contributed by atoms with Gasteiger partial charge in [-0.2, -0.15) is 5.10 Å². The second-order valence-electron chi connectivity index (χ2n) is 6.18. The number of rotatable bonds is 3. The van der Waals surface area contributed by atoms with E-state index in [1.165, 1.54) is 11.1 Å². The zero-order chi connectivity index (χ0) is 17.8. The van der Waals surface area contributed by atoms with Crippen LogP contribution in [-0.2, 0) is 0 Å². The Morgan fingerprint density at radius 3 is 2.76 bits per heavy atom. The van der Waals surface area contributed by atoms with Crippen LogP contribution in [0, 0.1) is 0 Å². The first-order chi connectivity index (χ1) is 12.1. The van der Waals surface area contributed by atoms with Crippen LogP contribution in [0.1, 0.15) is 37.7 Å². The Bertz CT molecular complexity index is 820. The number of phenols is 1. The predicted octanol–water partition coefficient (Wildman–Crippen LogP) is 2.24. The molecule has 8 heteroatoms. The van der Waals surface area contributed by atoms with Crippen molar-refractivity contribution >= 4 is 29.1 Å². The number of primary amides is 1. The molecular weight excluding hydrogens is 320 g/mol. The molecule has 2 aromatic rings. The van der Waals surface area contributed by atoms with Gasteiger partial charge in [0.25, 0.3) is 0 Å². The third-order valence-corrected chi connectivity index (χ3v) is 4.48. The maximum absolute atomic E-state index is 11.7. The van der Waals surface area contributed by atoms with E-state index in [1.807, 2.05) is 0 Å². The number of nitrogens with one attached hydrogen (secondary N) is 1. The summed E-state index contributed by atoms with van der Waals surface area (Å²) >= 11 is 0. The number of nitrogens with two attached hydrogens (primary N) is 2. The van der Waals surface area contributed by atoms with Crippen molar-refractivity contribution in [3.8, 4) is 5.75 Å². The Hall–Kier alpha value is -3.03. The molecule has 1 aliphatic carbocycles. The molecule has 1 heterocycles. The maximum Gasteiger partial charge on any atom is 0.321 e. The smallest absolute Gasteiger partial charge is 0.321 e. The number of amides is 2. The minimum absolute atomic E-state index is 0.00154. The second-order valence-corrected chi connectivity index (χ2v) is 6.18. The van der Waals surface area contributed by atoms with Crippen LogP contribution in [0.5, 0.6) is 5.75 Å². The Balaban J connectivity index is 1.79. The molecule has 1 saturated carbocycles. The Labute approximate surface area is 145 Å². The van der Waals surface area contributed by atoms with Gasteiger partial charge in [0.1, 0.15) is 5.75 Å². The first-order valence-electron chi connectivity index (χ1n) is 8.31. The Morgan fingerprint density at radius 2 is 2.04 bits per heavy atom. The van der Waals surface area contributed by atoms with Crippen molar-refractivity contribution in [2.75, 3.05) is 0 Å². The SMILES string of the molecule is NC(=O)N(/C(N)=N/N=C/c1c[nH]c2ccc(O)cc12)C1CCCCC1. The lowest BCUT2D eigenvalue weighted by molar-refractivity contribution is 0.203. The monoisotopic (exact) mass is 342 g/mol. The van der Waals surface area contributed by atoms with Crippen LogP contribution in [0.25, 0.3) is 10.9 Å². The fourth-order valence-corrected chi connectivity index (χ4v) is 3.25. The van der Waals surface area contributed by atoms with E-state index in [2.05, 4.69) is 15.2 Å². The number of aromatic hydroxyl groups is 1. The average Bonchev–Trinajstić information content (AvgIpc) is 2.98. The first-order valence-corrected chi connectivity index (χ1v) is 8.31. The number of aromatic nitrogens is 1. The highest BCUT2D eigenvalue weighted by atomic mass is 16.3. The van der Waals surface area contributed by atoms with Gasteiger partial charge in [-0.3, -0.25) is 4.90 Å². The minimum atomic E-state index is -0.611. The average molecular weight is 342 g/mol. The van der Waals surface area contributed by atoms with Crippen LogP contribution in [0.3, 0.4) is 0 Å². The van der Waals surface area contributed by atoms with Gasteiger partial charge in [-0.15, -0.1) is 5.10 Å². The molecule has 0 atom stereocenters. The number of aromatic amines is 1. The topological polar surface area (TPSA) is 133 Å². The Morgan fingerprint density at radius 1 is 1.28 bits per heavy atom. The van der Waals surface area contributed by atoms with Crippen molar-refractivity contribution < 1.29 is 9.90 Å². The summed E-state index contributed by atoms with van der Waals surface area (Å²) in [6.45, 7) is 0. The van der Waals surface area contributed by atoms with Crippen LogP contribution < -0.4 is 11.5 Å². The minimum Gasteiger partial charge on any atom is -0.508 e. The molecular formula is C17H22N6O2. The maximum atomic E-state index is 11.7. The summed E-state index contributed by atoms with van der Waals surface area (Å²) in [5.74, 6) is 0.167. The van der Waals surface area contributed by atoms with E-state index in [9.17, 15) is 9.90 Å². The number of guanidine groups is 1. The highest BCUT2D eigenvalue weighted by Crippen LogP contribution is 2.23. The van der Waals surface area contributed by atoms with E-state index >= 15 is 0 Å². The zero-order valence-electron chi connectivity index (χ0n) is 13.9. The van der Waals surface area contributed by atoms with Gasteiger partial charge in [-0.25, -0.2) is 4.79 Å². The highest BCUT2D eigenvalue weighted by molar-refractivity contribution is 6.00. The molecule has 132 valence electrons. The molecule has 1 aromatic carbocycles. The van der Waals surface area contributed by atoms with Crippen LogP contribution >= 0.6 is 0 Å². The number of hydrogen-bond donors (Lipinski definition) is 4. The van der Waals surface area contributed by atoms with Crippen molar-refractivity contribution in [2.45, 2.75) is 38.1 Å². The van der Waals surface area contributed by atoms with Gasteiger partial charge in [-0.05, 0) is 31.0 Å². The predicted molar refractivity (Wildman–Crippen MR) is 97.5 cm³/mol. The Kier molecular flexibility index (Phi) is 4.87. The molecule has 8 nitrogen and oxygen atoms in total. The number of H-pyrrole nitrogens is 1. The third-order valence-electron chi connectivity index (χ3n) is 4.48.